The predicted molar refractivity (Wildman–Crippen MR) is 71.3 cm³/mol. The number of hydrogen-bond donors (Lipinski definition) is 1. The molecule has 0 aliphatic heterocycles. The van der Waals surface area contributed by atoms with Gasteiger partial charge in [0.05, 0.1) is 22.3 Å². The van der Waals surface area contributed by atoms with Crippen LogP contribution in [0.15, 0.2) is 36.4 Å². The third-order valence-corrected chi connectivity index (χ3v) is 2.85. The Kier molecular flexibility index (Phi) is 3.88. The second-order valence-electron chi connectivity index (χ2n) is 3.86. The first kappa shape index (κ1) is 13.2. The maximum absolute atomic E-state index is 13.6. The first-order chi connectivity index (χ1) is 9.11. The van der Waals surface area contributed by atoms with Crippen molar-refractivity contribution in [2.45, 2.75) is 6.61 Å². The summed E-state index contributed by atoms with van der Waals surface area (Å²) in [4.78, 5) is 0. The molecule has 3 nitrogen and oxygen atoms in total. The summed E-state index contributed by atoms with van der Waals surface area (Å²) < 4.78 is 19.1. The van der Waals surface area contributed by atoms with Crippen molar-refractivity contribution in [1.29, 1.82) is 5.26 Å². The van der Waals surface area contributed by atoms with Gasteiger partial charge >= 0.3 is 0 Å². The number of anilines is 1. The Morgan fingerprint density at radius 3 is 2.74 bits per heavy atom. The third kappa shape index (κ3) is 2.95. The van der Waals surface area contributed by atoms with E-state index >= 15 is 0 Å². The molecule has 2 rings (SSSR count). The fourth-order valence-corrected chi connectivity index (χ4v) is 1.80. The average Bonchev–Trinajstić information content (AvgIpc) is 2.39. The summed E-state index contributed by atoms with van der Waals surface area (Å²) >= 11 is 5.94. The van der Waals surface area contributed by atoms with Crippen molar-refractivity contribution in [2.75, 3.05) is 5.73 Å². The van der Waals surface area contributed by atoms with Gasteiger partial charge in [-0.15, -0.1) is 0 Å². The van der Waals surface area contributed by atoms with Gasteiger partial charge in [-0.2, -0.15) is 5.26 Å². The minimum Gasteiger partial charge on any atom is -0.485 e. The summed E-state index contributed by atoms with van der Waals surface area (Å²) in [6.45, 7) is -0.00846. The molecule has 0 saturated carbocycles. The van der Waals surface area contributed by atoms with Crippen molar-refractivity contribution in [2.24, 2.45) is 0 Å². The number of nitriles is 1. The Balaban J connectivity index is 2.17. The minimum atomic E-state index is -0.496. The van der Waals surface area contributed by atoms with E-state index in [0.717, 1.165) is 6.07 Å². The molecule has 0 fully saturated rings. The molecule has 0 atom stereocenters. The molecule has 5 heteroatoms. The van der Waals surface area contributed by atoms with Crippen molar-refractivity contribution < 1.29 is 9.13 Å². The minimum absolute atomic E-state index is 0.00846. The Labute approximate surface area is 115 Å². The van der Waals surface area contributed by atoms with Gasteiger partial charge in [0.2, 0.25) is 0 Å². The number of nitrogens with zero attached hydrogens (tertiary/aromatic N) is 1. The van der Waals surface area contributed by atoms with Crippen LogP contribution < -0.4 is 10.5 Å². The van der Waals surface area contributed by atoms with Crippen molar-refractivity contribution in [3.05, 3.63) is 58.4 Å². The van der Waals surface area contributed by atoms with E-state index in [1.807, 2.05) is 6.07 Å². The van der Waals surface area contributed by atoms with Crippen LogP contribution in [0.25, 0.3) is 0 Å². The summed E-state index contributed by atoms with van der Waals surface area (Å²) in [5.74, 6) is -0.169. The maximum atomic E-state index is 13.6. The van der Waals surface area contributed by atoms with Crippen LogP contribution in [0, 0.1) is 17.1 Å². The van der Waals surface area contributed by atoms with E-state index in [9.17, 15) is 4.39 Å². The molecule has 96 valence electrons. The summed E-state index contributed by atoms with van der Waals surface area (Å²) in [5, 5.41) is 9.02. The van der Waals surface area contributed by atoms with Crippen molar-refractivity contribution in [3.63, 3.8) is 0 Å². The van der Waals surface area contributed by atoms with Gasteiger partial charge in [0, 0.05) is 5.56 Å². The Morgan fingerprint density at radius 1 is 1.32 bits per heavy atom. The molecule has 0 aromatic heterocycles. The van der Waals surface area contributed by atoms with Crippen LogP contribution >= 0.6 is 11.6 Å². The van der Waals surface area contributed by atoms with Gasteiger partial charge < -0.3 is 10.5 Å². The van der Waals surface area contributed by atoms with Crippen LogP contribution in [0.4, 0.5) is 10.1 Å². The van der Waals surface area contributed by atoms with E-state index < -0.39 is 5.82 Å². The molecule has 0 bridgehead atoms. The first-order valence-electron chi connectivity index (χ1n) is 5.47. The summed E-state index contributed by atoms with van der Waals surface area (Å²) in [6.07, 6.45) is 0. The number of rotatable bonds is 3. The lowest BCUT2D eigenvalue weighted by Gasteiger charge is -2.11. The van der Waals surface area contributed by atoms with Gasteiger partial charge in [-0.1, -0.05) is 23.7 Å². The third-order valence-electron chi connectivity index (χ3n) is 2.55. The van der Waals surface area contributed by atoms with Crippen LogP contribution in [0.1, 0.15) is 11.1 Å². The highest BCUT2D eigenvalue weighted by atomic mass is 35.5. The highest BCUT2D eigenvalue weighted by molar-refractivity contribution is 6.32. The number of hydrogen-bond acceptors (Lipinski definition) is 3. The molecule has 2 aromatic rings. The van der Waals surface area contributed by atoms with Crippen LogP contribution in [-0.2, 0) is 6.61 Å². The van der Waals surface area contributed by atoms with E-state index in [4.69, 9.17) is 27.3 Å². The molecule has 0 amide bonds. The molecule has 19 heavy (non-hydrogen) atoms. The SMILES string of the molecule is N#Cc1ccc(COc2c(N)cccc2Cl)c(F)c1. The van der Waals surface area contributed by atoms with E-state index in [-0.39, 0.29) is 12.2 Å². The van der Waals surface area contributed by atoms with E-state index in [0.29, 0.717) is 22.0 Å². The molecule has 2 N–H and O–H groups in total. The van der Waals surface area contributed by atoms with Crippen LogP contribution in [-0.4, -0.2) is 0 Å². The fourth-order valence-electron chi connectivity index (χ4n) is 1.56. The predicted octanol–water partition coefficient (Wildman–Crippen LogP) is 3.51. The number of halogens is 2. The number of ether oxygens (including phenoxy) is 1. The zero-order valence-electron chi connectivity index (χ0n) is 9.86. The number of para-hydroxylation sites is 1. The molecule has 0 aliphatic rings. The lowest BCUT2D eigenvalue weighted by atomic mass is 10.1. The number of benzene rings is 2. The van der Waals surface area contributed by atoms with Crippen LogP contribution in [0.5, 0.6) is 5.75 Å². The molecule has 0 spiro atoms. The highest BCUT2D eigenvalue weighted by Crippen LogP contribution is 2.31. The van der Waals surface area contributed by atoms with Gasteiger partial charge in [-0.25, -0.2) is 4.39 Å². The lowest BCUT2D eigenvalue weighted by Crippen LogP contribution is -2.01. The highest BCUT2D eigenvalue weighted by Gasteiger charge is 2.08. The van der Waals surface area contributed by atoms with Crippen molar-refractivity contribution >= 4 is 17.3 Å². The van der Waals surface area contributed by atoms with Gasteiger partial charge in [-0.05, 0) is 24.3 Å². The van der Waals surface area contributed by atoms with Gasteiger partial charge in [0.15, 0.2) is 5.75 Å². The van der Waals surface area contributed by atoms with Gasteiger partial charge in [0.25, 0.3) is 0 Å². The zero-order chi connectivity index (χ0) is 13.8. The number of nitrogens with two attached hydrogens (primary N) is 1. The second-order valence-corrected chi connectivity index (χ2v) is 4.27. The first-order valence-corrected chi connectivity index (χ1v) is 5.85. The Bertz CT molecular complexity index is 632. The topological polar surface area (TPSA) is 59.0 Å². The Hall–Kier alpha value is -2.25. The monoisotopic (exact) mass is 276 g/mol. The van der Waals surface area contributed by atoms with Gasteiger partial charge in [0.1, 0.15) is 12.4 Å². The zero-order valence-corrected chi connectivity index (χ0v) is 10.6. The second kappa shape index (κ2) is 5.59. The maximum Gasteiger partial charge on any atom is 0.161 e. The largest absolute Gasteiger partial charge is 0.485 e. The van der Waals surface area contributed by atoms with Crippen LogP contribution in [0.2, 0.25) is 5.02 Å². The molecular weight excluding hydrogens is 267 g/mol. The van der Waals surface area contributed by atoms with Gasteiger partial charge in [-0.3, -0.25) is 0 Å². The summed E-state index contributed by atoms with van der Waals surface area (Å²) in [7, 11) is 0. The molecule has 0 heterocycles. The molecular formula is C14H10ClFN2O. The number of nitrogen functional groups attached to an aromatic ring is 1. The molecule has 2 aromatic carbocycles. The van der Waals surface area contributed by atoms with Crippen molar-refractivity contribution in [3.8, 4) is 11.8 Å². The quantitative estimate of drug-likeness (QED) is 0.873. The molecule has 0 radical (unpaired) electrons. The molecule has 0 unspecified atom stereocenters. The molecule has 0 aliphatic carbocycles. The average molecular weight is 277 g/mol. The molecule has 0 saturated heterocycles. The standard InChI is InChI=1S/C14H10ClFN2O/c15-11-2-1-3-13(18)14(11)19-8-10-5-4-9(7-17)6-12(10)16/h1-6H,8,18H2. The normalized spacial score (nSPS) is 9.95. The summed E-state index contributed by atoms with van der Waals surface area (Å²) in [5.41, 5.74) is 6.71. The van der Waals surface area contributed by atoms with E-state index in [2.05, 4.69) is 0 Å². The van der Waals surface area contributed by atoms with E-state index in [1.54, 1.807) is 18.2 Å². The summed E-state index contributed by atoms with van der Waals surface area (Å²) in [6, 6.07) is 11.0. The van der Waals surface area contributed by atoms with Crippen molar-refractivity contribution in [1.82, 2.24) is 0 Å². The Morgan fingerprint density at radius 2 is 2.11 bits per heavy atom. The van der Waals surface area contributed by atoms with E-state index in [1.165, 1.54) is 12.1 Å². The van der Waals surface area contributed by atoms with Crippen LogP contribution in [0.3, 0.4) is 0 Å². The fraction of sp³-hybridized carbons (Fsp3) is 0.0714. The smallest absolute Gasteiger partial charge is 0.161 e. The lowest BCUT2D eigenvalue weighted by molar-refractivity contribution is 0.301.